The fourth-order valence-corrected chi connectivity index (χ4v) is 10.2. The normalized spacial score (nSPS) is 28.4. The van der Waals surface area contributed by atoms with Crippen LogP contribution in [0.1, 0.15) is 124 Å². The SMILES string of the molecule is CC(C)CCCCCCCC[C@H]1CC(=O)N[C@@H]([C@H](C)O)C(=O)N2CCC[C@@H]2C(=O)N2CCC[C@H]2C(=O)N[C@@H](CCCN=C(N)N)C(=O)N[C@@H]([C@@H](O)C(=O)O)C(=O)N[C@H](CO)C(=O)N2CC[C@H](O)[C@@H]2C(=O)N[C@@H]([C@@H](O)C(=O)O)C(=O)O1. The third kappa shape index (κ3) is 18.4. The molecule has 4 fully saturated rings. The van der Waals surface area contributed by atoms with E-state index in [2.05, 4.69) is 34.8 Å². The maximum atomic E-state index is 14.4. The molecule has 13 atom stereocenters. The van der Waals surface area contributed by atoms with Crippen LogP contribution in [0.15, 0.2) is 4.99 Å². The highest BCUT2D eigenvalue weighted by Crippen LogP contribution is 2.27. The molecule has 0 unspecified atom stereocenters. The summed E-state index contributed by atoms with van der Waals surface area (Å²) in [6.07, 6.45) is -5.47. The van der Waals surface area contributed by atoms with Gasteiger partial charge in [0.15, 0.2) is 24.2 Å². The molecule has 30 nitrogen and oxygen atoms in total. The van der Waals surface area contributed by atoms with Gasteiger partial charge in [-0.3, -0.25) is 43.3 Å². The van der Waals surface area contributed by atoms with Crippen LogP contribution in [0.25, 0.3) is 0 Å². The predicted octanol–water partition coefficient (Wildman–Crippen LogP) is -5.24. The van der Waals surface area contributed by atoms with E-state index in [0.29, 0.717) is 23.7 Å². The molecule has 4 rings (SSSR count). The predicted molar refractivity (Wildman–Crippen MR) is 277 cm³/mol. The van der Waals surface area contributed by atoms with Crippen LogP contribution in [0.5, 0.6) is 0 Å². The van der Waals surface area contributed by atoms with Gasteiger partial charge in [0.1, 0.15) is 48.4 Å². The Bertz CT molecular complexity index is 2250. The van der Waals surface area contributed by atoms with Gasteiger partial charge >= 0.3 is 17.9 Å². The van der Waals surface area contributed by atoms with Crippen LogP contribution in [0.2, 0.25) is 0 Å². The second-order valence-electron chi connectivity index (χ2n) is 21.1. The highest BCUT2D eigenvalue weighted by atomic mass is 16.5. The van der Waals surface area contributed by atoms with Crippen LogP contribution in [-0.2, 0) is 57.5 Å². The average Bonchev–Trinajstić information content (AvgIpc) is 4.19. The molecular weight excluding hydrogens is 1060 g/mol. The largest absolute Gasteiger partial charge is 0.479 e. The molecule has 80 heavy (non-hydrogen) atoms. The summed E-state index contributed by atoms with van der Waals surface area (Å²) in [4.78, 5) is 158. The van der Waals surface area contributed by atoms with E-state index in [1.54, 1.807) is 0 Å². The van der Waals surface area contributed by atoms with Gasteiger partial charge in [-0.05, 0) is 70.6 Å². The fourth-order valence-electron chi connectivity index (χ4n) is 10.2. The molecule has 0 aliphatic carbocycles. The first-order valence-corrected chi connectivity index (χ1v) is 27.3. The molecule has 0 saturated carbocycles. The number of nitrogens with zero attached hydrogens (tertiary/aromatic N) is 4. The Balaban J connectivity index is 1.79. The second kappa shape index (κ2) is 31.3. The van der Waals surface area contributed by atoms with Gasteiger partial charge < -0.3 is 93.2 Å². The van der Waals surface area contributed by atoms with Crippen LogP contribution in [0.3, 0.4) is 0 Å². The van der Waals surface area contributed by atoms with Crippen molar-refractivity contribution in [1.29, 1.82) is 0 Å². The van der Waals surface area contributed by atoms with Crippen LogP contribution < -0.4 is 38.1 Å². The number of fused-ring (bicyclic) bond motifs is 3. The van der Waals surface area contributed by atoms with Crippen LogP contribution in [0, 0.1) is 5.92 Å². The van der Waals surface area contributed by atoms with Crippen LogP contribution in [0.4, 0.5) is 0 Å². The molecule has 4 aliphatic rings. The number of cyclic esters (lactones) is 1. The molecule has 0 bridgehead atoms. The average molecular weight is 1140 g/mol. The van der Waals surface area contributed by atoms with E-state index in [9.17, 15) is 88.5 Å². The van der Waals surface area contributed by atoms with E-state index in [-0.39, 0.29) is 77.0 Å². The number of carboxylic acid groups (broad SMARTS) is 2. The Morgan fingerprint density at radius 3 is 1.80 bits per heavy atom. The van der Waals surface area contributed by atoms with Gasteiger partial charge in [-0.2, -0.15) is 0 Å². The zero-order valence-corrected chi connectivity index (χ0v) is 45.4. The number of nitrogens with one attached hydrogen (secondary N) is 5. The van der Waals surface area contributed by atoms with E-state index >= 15 is 0 Å². The maximum absolute atomic E-state index is 14.4. The number of hydrogen-bond donors (Lipinski definition) is 14. The standard InChI is InChI=1S/C50H81N11O19/c1-25(2)13-8-6-4-5-7-9-14-27-23-33(65)56-34(26(3)63)46(74)60-21-12-17-31(60)45(73)59-20-11-16-30(59)41(69)54-28(15-10-19-53-50(51)52)40(68)57-35(38(66)47(75)76)42(70)55-29(24-62)44(72)61-22-18-32(64)37(61)43(71)58-36(49(79)80-27)39(67)48(77)78/h25-32,34-39,62-64,66-67H,4-24H2,1-3H3,(H,54,69)(H,55,70)(H,56,65)(H,57,68)(H,58,71)(H,75,76)(H,77,78)(H4,51,52,53)/t26-,27-,28-,29+,30-,31+,32-,34-,35-,36-,37+,38+,39+/m0/s1. The number of aliphatic hydroxyl groups excluding tert-OH is 5. The molecule has 8 amide bonds. The number of nitrogens with two attached hydrogens (primary N) is 2. The van der Waals surface area contributed by atoms with Crippen molar-refractivity contribution in [2.75, 3.05) is 32.8 Å². The van der Waals surface area contributed by atoms with E-state index in [0.717, 1.165) is 37.0 Å². The quantitative estimate of drug-likeness (QED) is 0.0249. The Morgan fingerprint density at radius 1 is 0.625 bits per heavy atom. The van der Waals surface area contributed by atoms with Gasteiger partial charge in [0, 0.05) is 26.2 Å². The summed E-state index contributed by atoms with van der Waals surface area (Å²) < 4.78 is 5.65. The fraction of sp³-hybridized carbons (Fsp3) is 0.760. The molecule has 0 aromatic rings. The lowest BCUT2D eigenvalue weighted by Gasteiger charge is -2.34. The van der Waals surface area contributed by atoms with E-state index in [1.165, 1.54) is 11.8 Å². The molecule has 30 heteroatoms. The number of guanidine groups is 1. The minimum absolute atomic E-state index is 0.00851. The number of ether oxygens (including phenoxy) is 1. The minimum Gasteiger partial charge on any atom is -0.479 e. The number of hydrogen-bond acceptors (Lipinski definition) is 18. The minimum atomic E-state index is -2.76. The van der Waals surface area contributed by atoms with Gasteiger partial charge in [0.05, 0.1) is 25.2 Å². The van der Waals surface area contributed by atoms with Gasteiger partial charge in [0.2, 0.25) is 47.3 Å². The van der Waals surface area contributed by atoms with Crippen LogP contribution >= 0.6 is 0 Å². The van der Waals surface area contributed by atoms with Crippen molar-refractivity contribution in [2.24, 2.45) is 22.4 Å². The number of rotatable bonds is 19. The lowest BCUT2D eigenvalue weighted by atomic mass is 10.0. The first kappa shape index (κ1) is 65.8. The van der Waals surface area contributed by atoms with E-state index < -0.39 is 164 Å². The van der Waals surface area contributed by atoms with Gasteiger partial charge in [-0.25, -0.2) is 14.4 Å². The molecule has 450 valence electrons. The zero-order chi connectivity index (χ0) is 59.5. The Labute approximate surface area is 462 Å². The molecule has 4 aliphatic heterocycles. The summed E-state index contributed by atoms with van der Waals surface area (Å²) in [6, 6.07) is -14.9. The second-order valence-corrected chi connectivity index (χ2v) is 21.1. The highest BCUT2D eigenvalue weighted by Gasteiger charge is 2.48. The zero-order valence-electron chi connectivity index (χ0n) is 45.4. The van der Waals surface area contributed by atoms with Crippen molar-refractivity contribution in [2.45, 2.75) is 202 Å². The number of unbranched alkanes of at least 4 members (excludes halogenated alkanes) is 5. The van der Waals surface area contributed by atoms with Crippen LogP contribution in [-0.4, -0.2) is 233 Å². The van der Waals surface area contributed by atoms with Crippen molar-refractivity contribution in [3.05, 3.63) is 0 Å². The third-order valence-corrected chi connectivity index (χ3v) is 14.5. The smallest absolute Gasteiger partial charge is 0.335 e. The van der Waals surface area contributed by atoms with Crippen molar-refractivity contribution in [1.82, 2.24) is 41.3 Å². The number of aliphatic carboxylic acids is 2. The number of carbonyl (C=O) groups is 11. The molecule has 0 aromatic heterocycles. The molecular formula is C50H81N11O19. The summed E-state index contributed by atoms with van der Waals surface area (Å²) in [5, 5.41) is 84.8. The Hall–Kier alpha value is -6.76. The molecule has 0 radical (unpaired) electrons. The molecule has 4 saturated heterocycles. The number of amides is 8. The number of esters is 1. The highest BCUT2D eigenvalue weighted by molar-refractivity contribution is 6.00. The van der Waals surface area contributed by atoms with Crippen molar-refractivity contribution in [3.8, 4) is 0 Å². The van der Waals surface area contributed by atoms with Crippen molar-refractivity contribution >= 4 is 71.1 Å². The van der Waals surface area contributed by atoms with Crippen molar-refractivity contribution < 1.29 is 93.2 Å². The van der Waals surface area contributed by atoms with Gasteiger partial charge in [-0.1, -0.05) is 52.4 Å². The van der Waals surface area contributed by atoms with Crippen molar-refractivity contribution in [3.63, 3.8) is 0 Å². The first-order valence-electron chi connectivity index (χ1n) is 27.3. The Morgan fingerprint density at radius 2 is 1.20 bits per heavy atom. The summed E-state index contributed by atoms with van der Waals surface area (Å²) in [6.45, 7) is 3.54. The third-order valence-electron chi connectivity index (χ3n) is 14.5. The number of aliphatic imine (C=N–C) groups is 1. The summed E-state index contributed by atoms with van der Waals surface area (Å²) in [7, 11) is 0. The Kier molecular flexibility index (Phi) is 25.7. The number of aliphatic hydroxyl groups is 5. The molecule has 0 aromatic carbocycles. The first-order chi connectivity index (χ1) is 37.8. The maximum Gasteiger partial charge on any atom is 0.335 e. The topological polar surface area (TPSA) is 473 Å². The van der Waals surface area contributed by atoms with E-state index in [4.69, 9.17) is 16.2 Å². The molecule has 4 heterocycles. The van der Waals surface area contributed by atoms with Gasteiger partial charge in [0.25, 0.3) is 0 Å². The van der Waals surface area contributed by atoms with Gasteiger partial charge in [-0.15, -0.1) is 0 Å². The summed E-state index contributed by atoms with van der Waals surface area (Å²) >= 11 is 0. The molecule has 0 spiro atoms. The monoisotopic (exact) mass is 1140 g/mol. The van der Waals surface area contributed by atoms with E-state index in [1.807, 2.05) is 10.6 Å². The lowest BCUT2D eigenvalue weighted by Crippen LogP contribution is -2.64. The number of carbonyl (C=O) groups excluding carboxylic acids is 9. The molecule has 16 N–H and O–H groups in total. The summed E-state index contributed by atoms with van der Waals surface area (Å²) in [5.41, 5.74) is 10.9. The lowest BCUT2D eigenvalue weighted by molar-refractivity contribution is -0.165. The number of carboxylic acids is 2. The summed E-state index contributed by atoms with van der Waals surface area (Å²) in [5.74, 6) is -14.6.